The third kappa shape index (κ3) is 14.9. The summed E-state index contributed by atoms with van der Waals surface area (Å²) < 4.78 is 0. The number of nitrogens with zero attached hydrogens (tertiary/aromatic N) is 7. The maximum absolute atomic E-state index is 4.07. The van der Waals surface area contributed by atoms with Crippen LogP contribution in [0.1, 0.15) is 22.3 Å². The summed E-state index contributed by atoms with van der Waals surface area (Å²) in [5.41, 5.74) is 9.15. The van der Waals surface area contributed by atoms with Crippen molar-refractivity contribution in [1.82, 2.24) is 24.9 Å². The number of hydrogen-bond donors (Lipinski definition) is 0. The molecule has 7 nitrogen and oxygen atoms in total. The molecular weight excluding hydrogens is 663 g/mol. The molecule has 8 aromatic rings. The topological polar surface area (TPSA) is 89.2 Å². The Bertz CT molecular complexity index is 1930. The first kappa shape index (κ1) is 38.0. The molecule has 0 saturated heterocycles. The Hall–Kier alpha value is -7.25. The summed E-state index contributed by atoms with van der Waals surface area (Å²) in [6.45, 7) is 0. The van der Waals surface area contributed by atoms with Gasteiger partial charge in [0.05, 0.1) is 11.4 Å². The molecule has 0 saturated carbocycles. The van der Waals surface area contributed by atoms with Crippen molar-refractivity contribution in [3.63, 3.8) is 0 Å². The van der Waals surface area contributed by atoms with Gasteiger partial charge in [0, 0.05) is 62.0 Å². The van der Waals surface area contributed by atoms with E-state index in [9.17, 15) is 0 Å². The zero-order valence-corrected chi connectivity index (χ0v) is 29.9. The summed E-state index contributed by atoms with van der Waals surface area (Å²) in [5, 5.41) is 8.14. The Morgan fingerprint density at radius 1 is 0.315 bits per heavy atom. The second kappa shape index (κ2) is 23.3. The summed E-state index contributed by atoms with van der Waals surface area (Å²) in [5.74, 6) is 0. The van der Waals surface area contributed by atoms with Crippen LogP contribution in [0.15, 0.2) is 224 Å². The van der Waals surface area contributed by atoms with Gasteiger partial charge in [0.2, 0.25) is 0 Å². The highest BCUT2D eigenvalue weighted by Gasteiger charge is 1.95. The third-order valence-corrected chi connectivity index (χ3v) is 7.66. The van der Waals surface area contributed by atoms with Crippen LogP contribution in [0.4, 0.5) is 11.4 Å². The predicted molar refractivity (Wildman–Crippen MR) is 220 cm³/mol. The number of aryl methyl sites for hydroxylation is 2. The van der Waals surface area contributed by atoms with Crippen LogP contribution in [0.5, 0.6) is 0 Å². The van der Waals surface area contributed by atoms with E-state index in [1.807, 2.05) is 140 Å². The highest BCUT2D eigenvalue weighted by molar-refractivity contribution is 5.69. The fourth-order valence-corrected chi connectivity index (χ4v) is 4.81. The summed E-state index contributed by atoms with van der Waals surface area (Å²) in [6.07, 6.45) is 24.2. The summed E-state index contributed by atoms with van der Waals surface area (Å²) in [7, 11) is 0. The molecule has 0 spiro atoms. The van der Waals surface area contributed by atoms with Crippen LogP contribution in [-0.2, 0) is 12.8 Å². The molecule has 54 heavy (non-hydrogen) atoms. The normalized spacial score (nSPS) is 10.2. The Labute approximate surface area is 317 Å². The van der Waals surface area contributed by atoms with E-state index in [1.165, 1.54) is 33.4 Å². The first-order valence-electron chi connectivity index (χ1n) is 17.5. The summed E-state index contributed by atoms with van der Waals surface area (Å²) in [6, 6.07) is 50.0. The molecule has 0 N–H and O–H groups in total. The molecule has 0 amide bonds. The molecule has 0 fully saturated rings. The minimum atomic E-state index is 0.809. The van der Waals surface area contributed by atoms with Gasteiger partial charge in [0.1, 0.15) is 0 Å². The van der Waals surface area contributed by atoms with Crippen molar-refractivity contribution < 1.29 is 0 Å². The molecule has 3 aromatic carbocycles. The number of azo groups is 1. The molecule has 0 bridgehead atoms. The van der Waals surface area contributed by atoms with Crippen LogP contribution in [-0.4, -0.2) is 24.9 Å². The fraction of sp³-hybridized carbons (Fsp3) is 0.0426. The van der Waals surface area contributed by atoms with Gasteiger partial charge >= 0.3 is 0 Å². The second-order valence-electron chi connectivity index (χ2n) is 11.6. The van der Waals surface area contributed by atoms with Gasteiger partial charge in [-0.3, -0.25) is 24.9 Å². The van der Waals surface area contributed by atoms with E-state index in [2.05, 4.69) is 95.8 Å². The van der Waals surface area contributed by atoms with Crippen molar-refractivity contribution in [3.8, 4) is 11.1 Å². The van der Waals surface area contributed by atoms with Gasteiger partial charge in [-0.25, -0.2) is 0 Å². The van der Waals surface area contributed by atoms with E-state index in [0.29, 0.717) is 0 Å². The van der Waals surface area contributed by atoms with Crippen LogP contribution >= 0.6 is 0 Å². The molecule has 264 valence electrons. The van der Waals surface area contributed by atoms with Crippen LogP contribution in [0.3, 0.4) is 0 Å². The van der Waals surface area contributed by atoms with E-state index in [-0.39, 0.29) is 0 Å². The Kier molecular flexibility index (Phi) is 16.4. The van der Waals surface area contributed by atoms with Crippen molar-refractivity contribution in [2.45, 2.75) is 12.8 Å². The average Bonchev–Trinajstić information content (AvgIpc) is 3.28. The molecule has 8 rings (SSSR count). The van der Waals surface area contributed by atoms with Crippen LogP contribution in [0, 0.1) is 0 Å². The fourth-order valence-electron chi connectivity index (χ4n) is 4.81. The van der Waals surface area contributed by atoms with Crippen LogP contribution < -0.4 is 0 Å². The van der Waals surface area contributed by atoms with Crippen molar-refractivity contribution in [2.24, 2.45) is 10.2 Å². The lowest BCUT2D eigenvalue weighted by molar-refractivity contribution is 0.951. The lowest BCUT2D eigenvalue weighted by Gasteiger charge is -2.00. The van der Waals surface area contributed by atoms with E-state index >= 15 is 0 Å². The lowest BCUT2D eigenvalue weighted by Crippen LogP contribution is -1.91. The Morgan fingerprint density at radius 2 is 0.648 bits per heavy atom. The molecule has 0 aliphatic heterocycles. The molecule has 7 heteroatoms. The molecule has 0 atom stereocenters. The monoisotopic (exact) mass is 703 g/mol. The van der Waals surface area contributed by atoms with Gasteiger partial charge < -0.3 is 0 Å². The second-order valence-corrected chi connectivity index (χ2v) is 11.6. The van der Waals surface area contributed by atoms with Gasteiger partial charge in [0.15, 0.2) is 0 Å². The largest absolute Gasteiger partial charge is 0.265 e. The van der Waals surface area contributed by atoms with Crippen molar-refractivity contribution in [2.75, 3.05) is 0 Å². The van der Waals surface area contributed by atoms with Crippen molar-refractivity contribution in [1.29, 1.82) is 0 Å². The minimum Gasteiger partial charge on any atom is -0.265 e. The van der Waals surface area contributed by atoms with E-state index in [0.717, 1.165) is 24.2 Å². The molecule has 0 aliphatic rings. The molecule has 5 heterocycles. The number of hydrogen-bond acceptors (Lipinski definition) is 7. The zero-order valence-electron chi connectivity index (χ0n) is 29.9. The van der Waals surface area contributed by atoms with Gasteiger partial charge in [-0.05, 0) is 119 Å². The summed E-state index contributed by atoms with van der Waals surface area (Å²) >= 11 is 0. The minimum absolute atomic E-state index is 0.809. The van der Waals surface area contributed by atoms with Gasteiger partial charge in [-0.1, -0.05) is 91.0 Å². The first-order valence-corrected chi connectivity index (χ1v) is 17.5. The molecule has 0 radical (unpaired) electrons. The number of pyridine rings is 5. The van der Waals surface area contributed by atoms with E-state index in [1.54, 1.807) is 24.8 Å². The number of rotatable bonds is 8. The average molecular weight is 704 g/mol. The maximum Gasteiger partial charge on any atom is 0.0887 e. The number of benzene rings is 3. The highest BCUT2D eigenvalue weighted by atomic mass is 15.1. The molecule has 5 aromatic heterocycles. The summed E-state index contributed by atoms with van der Waals surface area (Å²) in [4.78, 5) is 19.8. The SMILES string of the molecule is C(=C\c1ccncc1)/c1ccccc1.c1cc(CCc2ccncc2)ccn1.c1ccc(-c2ccncc2)cc1.c1ccc(N=Nc2ccncc2)cc1. The Morgan fingerprint density at radius 3 is 1.13 bits per heavy atom. The maximum atomic E-state index is 4.07. The van der Waals surface area contributed by atoms with Crippen molar-refractivity contribution in [3.05, 3.63) is 236 Å². The molecule has 0 unspecified atom stereocenters. The standard InChI is InChI=1S/C13H11N.C12H12N2.C11H9N3.C11H9N/c1-2-4-12(5-3-1)6-7-13-8-10-14-11-9-13;1(11-3-7-13-8-4-11)2-12-5-9-14-10-6-12;1-2-4-10(5-3-1)13-14-11-6-8-12-9-7-11;1-2-4-10(5-3-1)11-6-8-12-9-7-11/h1-11H;3-10H,1-2H2;1-9H;1-9H/b7-6+;;;. The van der Waals surface area contributed by atoms with Gasteiger partial charge in [-0.2, -0.15) is 10.2 Å². The van der Waals surface area contributed by atoms with Gasteiger partial charge in [0.25, 0.3) is 0 Å². The first-order chi connectivity index (χ1) is 26.8. The molecular formula is C47H41N7. The van der Waals surface area contributed by atoms with Crippen LogP contribution in [0.2, 0.25) is 0 Å². The Balaban J connectivity index is 0.000000139. The van der Waals surface area contributed by atoms with Gasteiger partial charge in [-0.15, -0.1) is 0 Å². The van der Waals surface area contributed by atoms with E-state index in [4.69, 9.17) is 0 Å². The smallest absolute Gasteiger partial charge is 0.0887 e. The zero-order chi connectivity index (χ0) is 37.1. The van der Waals surface area contributed by atoms with Crippen LogP contribution in [0.25, 0.3) is 23.3 Å². The number of aromatic nitrogens is 5. The highest BCUT2D eigenvalue weighted by Crippen LogP contribution is 2.17. The third-order valence-electron chi connectivity index (χ3n) is 7.66. The predicted octanol–water partition coefficient (Wildman–Crippen LogP) is 11.8. The quantitative estimate of drug-likeness (QED) is 0.147. The lowest BCUT2D eigenvalue weighted by atomic mass is 10.1. The molecule has 0 aliphatic carbocycles. The van der Waals surface area contributed by atoms with Crippen molar-refractivity contribution >= 4 is 23.5 Å². The van der Waals surface area contributed by atoms with E-state index < -0.39 is 0 Å².